The molecule has 0 N–H and O–H groups in total. The van der Waals surface area contributed by atoms with Crippen LogP contribution in [0.4, 0.5) is 24.8 Å². The van der Waals surface area contributed by atoms with Crippen molar-refractivity contribution >= 4 is 11.6 Å². The molecule has 1 fully saturated rings. The fourth-order valence-electron chi connectivity index (χ4n) is 3.46. The van der Waals surface area contributed by atoms with E-state index >= 15 is 0 Å². The number of aromatic nitrogens is 3. The van der Waals surface area contributed by atoms with Gasteiger partial charge >= 0.3 is 6.18 Å². The van der Waals surface area contributed by atoms with Crippen molar-refractivity contribution in [1.82, 2.24) is 14.5 Å². The van der Waals surface area contributed by atoms with Gasteiger partial charge in [0.25, 0.3) is 0 Å². The Morgan fingerprint density at radius 3 is 2.29 bits per heavy atom. The van der Waals surface area contributed by atoms with Crippen LogP contribution >= 0.6 is 0 Å². The number of pyridine rings is 1. The molecule has 1 aliphatic heterocycles. The van der Waals surface area contributed by atoms with Gasteiger partial charge in [-0.05, 0) is 24.3 Å². The first kappa shape index (κ1) is 18.3. The number of anilines is 2. The molecular weight excluding hydrogens is 367 g/mol. The highest BCUT2D eigenvalue weighted by Gasteiger charge is 2.30. The summed E-state index contributed by atoms with van der Waals surface area (Å²) in [7, 11) is 1.87. The van der Waals surface area contributed by atoms with E-state index in [1.807, 2.05) is 23.7 Å². The molecule has 146 valence electrons. The van der Waals surface area contributed by atoms with Gasteiger partial charge in [-0.1, -0.05) is 12.1 Å². The molecule has 0 amide bonds. The van der Waals surface area contributed by atoms with Crippen molar-refractivity contribution in [3.8, 4) is 11.3 Å². The summed E-state index contributed by atoms with van der Waals surface area (Å²) in [5.41, 5.74) is 1.48. The Hall–Kier alpha value is -3.03. The summed E-state index contributed by atoms with van der Waals surface area (Å²) in [6, 6.07) is 9.27. The molecule has 28 heavy (non-hydrogen) atoms. The van der Waals surface area contributed by atoms with Crippen LogP contribution in [-0.2, 0) is 13.2 Å². The lowest BCUT2D eigenvalue weighted by atomic mass is 10.1. The molecule has 0 spiro atoms. The van der Waals surface area contributed by atoms with Gasteiger partial charge in [-0.2, -0.15) is 13.2 Å². The predicted octanol–water partition coefficient (Wildman–Crippen LogP) is 3.83. The minimum atomic E-state index is -4.36. The first-order chi connectivity index (χ1) is 13.4. The standard InChI is InChI=1S/C20H20F3N5/c1-26-14-18(15-3-2-4-16(13-15)20(21,22)23)25-19(26)28-11-9-27(10-12-28)17-5-7-24-8-6-17/h2-8,13-14H,9-12H2,1H3. The zero-order valence-corrected chi connectivity index (χ0v) is 15.4. The van der Waals surface area contributed by atoms with E-state index < -0.39 is 11.7 Å². The first-order valence-corrected chi connectivity index (χ1v) is 9.03. The van der Waals surface area contributed by atoms with Gasteiger partial charge in [0.05, 0.1) is 11.3 Å². The molecule has 5 nitrogen and oxygen atoms in total. The largest absolute Gasteiger partial charge is 0.416 e. The number of rotatable bonds is 3. The van der Waals surface area contributed by atoms with E-state index in [1.54, 1.807) is 24.7 Å². The Bertz CT molecular complexity index is 944. The number of hydrogen-bond acceptors (Lipinski definition) is 4. The molecular formula is C20H20F3N5. The predicted molar refractivity (Wildman–Crippen MR) is 102 cm³/mol. The van der Waals surface area contributed by atoms with Gasteiger partial charge in [0.15, 0.2) is 0 Å². The first-order valence-electron chi connectivity index (χ1n) is 9.03. The molecule has 4 rings (SSSR count). The maximum atomic E-state index is 13.0. The van der Waals surface area contributed by atoms with Crippen LogP contribution in [0.5, 0.6) is 0 Å². The number of alkyl halides is 3. The van der Waals surface area contributed by atoms with Gasteiger partial charge in [0, 0.05) is 63.1 Å². The van der Waals surface area contributed by atoms with E-state index in [4.69, 9.17) is 0 Å². The summed E-state index contributed by atoms with van der Waals surface area (Å²) in [6.07, 6.45) is 0.973. The van der Waals surface area contributed by atoms with Crippen LogP contribution in [0.3, 0.4) is 0 Å². The van der Waals surface area contributed by atoms with Crippen LogP contribution in [0.15, 0.2) is 55.0 Å². The van der Waals surface area contributed by atoms with E-state index in [9.17, 15) is 13.2 Å². The lowest BCUT2D eigenvalue weighted by Crippen LogP contribution is -2.47. The zero-order chi connectivity index (χ0) is 19.7. The summed E-state index contributed by atoms with van der Waals surface area (Å²) in [5, 5.41) is 0. The van der Waals surface area contributed by atoms with Crippen molar-refractivity contribution in [3.63, 3.8) is 0 Å². The monoisotopic (exact) mass is 387 g/mol. The molecule has 0 atom stereocenters. The van der Waals surface area contributed by atoms with Gasteiger partial charge in [-0.15, -0.1) is 0 Å². The lowest BCUT2D eigenvalue weighted by Gasteiger charge is -2.36. The van der Waals surface area contributed by atoms with Crippen LogP contribution in [-0.4, -0.2) is 40.7 Å². The molecule has 0 saturated carbocycles. The fourth-order valence-corrected chi connectivity index (χ4v) is 3.46. The average molecular weight is 387 g/mol. The van der Waals surface area contributed by atoms with Gasteiger partial charge in [0.1, 0.15) is 0 Å². The second kappa shape index (κ2) is 7.18. The third-order valence-electron chi connectivity index (χ3n) is 4.93. The zero-order valence-electron chi connectivity index (χ0n) is 15.4. The number of piperazine rings is 1. The third-order valence-corrected chi connectivity index (χ3v) is 4.93. The lowest BCUT2D eigenvalue weighted by molar-refractivity contribution is -0.137. The summed E-state index contributed by atoms with van der Waals surface area (Å²) in [4.78, 5) is 13.1. The summed E-state index contributed by atoms with van der Waals surface area (Å²) >= 11 is 0. The minimum Gasteiger partial charge on any atom is -0.368 e. The Morgan fingerprint density at radius 2 is 1.61 bits per heavy atom. The van der Waals surface area contributed by atoms with Crippen LogP contribution in [0.2, 0.25) is 0 Å². The summed E-state index contributed by atoms with van der Waals surface area (Å²) in [5.74, 6) is 0.766. The van der Waals surface area contributed by atoms with Crippen molar-refractivity contribution in [2.24, 2.45) is 7.05 Å². The van der Waals surface area contributed by atoms with Crippen molar-refractivity contribution in [2.75, 3.05) is 36.0 Å². The normalized spacial score (nSPS) is 15.1. The van der Waals surface area contributed by atoms with E-state index in [0.717, 1.165) is 49.9 Å². The molecule has 0 radical (unpaired) electrons. The Labute approximate surface area is 161 Å². The Kier molecular flexibility index (Phi) is 4.70. The van der Waals surface area contributed by atoms with Crippen molar-refractivity contribution in [2.45, 2.75) is 6.18 Å². The molecule has 8 heteroatoms. The molecule has 1 saturated heterocycles. The molecule has 0 bridgehead atoms. The van der Waals surface area contributed by atoms with Gasteiger partial charge < -0.3 is 14.4 Å². The number of benzene rings is 1. The molecule has 0 unspecified atom stereocenters. The van der Waals surface area contributed by atoms with Crippen LogP contribution in [0.1, 0.15) is 5.56 Å². The van der Waals surface area contributed by atoms with E-state index in [1.165, 1.54) is 6.07 Å². The second-order valence-electron chi connectivity index (χ2n) is 6.80. The maximum absolute atomic E-state index is 13.0. The van der Waals surface area contributed by atoms with Crippen LogP contribution in [0.25, 0.3) is 11.3 Å². The molecule has 1 aromatic carbocycles. The maximum Gasteiger partial charge on any atom is 0.416 e. The van der Waals surface area contributed by atoms with Crippen molar-refractivity contribution in [3.05, 3.63) is 60.6 Å². The van der Waals surface area contributed by atoms with E-state index in [-0.39, 0.29) is 0 Å². The Morgan fingerprint density at radius 1 is 0.929 bits per heavy atom. The number of aryl methyl sites for hydroxylation is 1. The van der Waals surface area contributed by atoms with Crippen molar-refractivity contribution in [1.29, 1.82) is 0 Å². The quantitative estimate of drug-likeness (QED) is 0.685. The molecule has 3 heterocycles. The SMILES string of the molecule is Cn1cc(-c2cccc(C(F)(F)F)c2)nc1N1CCN(c2ccncc2)CC1. The van der Waals surface area contributed by atoms with E-state index in [2.05, 4.69) is 19.8 Å². The number of imidazole rings is 1. The number of hydrogen-bond donors (Lipinski definition) is 0. The number of halogens is 3. The summed E-state index contributed by atoms with van der Waals surface area (Å²) < 4.78 is 40.9. The minimum absolute atomic E-state index is 0.465. The second-order valence-corrected chi connectivity index (χ2v) is 6.80. The smallest absolute Gasteiger partial charge is 0.368 e. The average Bonchev–Trinajstić information content (AvgIpc) is 3.10. The molecule has 2 aromatic heterocycles. The van der Waals surface area contributed by atoms with Gasteiger partial charge in [-0.3, -0.25) is 4.98 Å². The summed E-state index contributed by atoms with van der Waals surface area (Å²) in [6.45, 7) is 3.26. The van der Waals surface area contributed by atoms with Crippen LogP contribution < -0.4 is 9.80 Å². The molecule has 0 aliphatic carbocycles. The van der Waals surface area contributed by atoms with Crippen LogP contribution in [0, 0.1) is 0 Å². The third kappa shape index (κ3) is 3.67. The highest BCUT2D eigenvalue weighted by molar-refractivity contribution is 5.62. The van der Waals surface area contributed by atoms with Crippen molar-refractivity contribution < 1.29 is 13.2 Å². The highest BCUT2D eigenvalue weighted by Crippen LogP contribution is 2.32. The topological polar surface area (TPSA) is 37.2 Å². The molecule has 3 aromatic rings. The molecule has 1 aliphatic rings. The van der Waals surface area contributed by atoms with E-state index in [0.29, 0.717) is 11.3 Å². The van der Waals surface area contributed by atoms with Gasteiger partial charge in [0.2, 0.25) is 5.95 Å². The highest BCUT2D eigenvalue weighted by atomic mass is 19.4. The fraction of sp³-hybridized carbons (Fsp3) is 0.300. The number of nitrogens with zero attached hydrogens (tertiary/aromatic N) is 5. The van der Waals surface area contributed by atoms with Gasteiger partial charge in [-0.25, -0.2) is 4.98 Å². The Balaban J connectivity index is 1.51.